The molecule has 2 rings (SSSR count). The average Bonchev–Trinajstić information content (AvgIpc) is 2.52. The number of hydrogen-bond donors (Lipinski definition) is 2. The highest BCUT2D eigenvalue weighted by molar-refractivity contribution is 5.68. The quantitative estimate of drug-likeness (QED) is 0.898. The van der Waals surface area contributed by atoms with Crippen LogP contribution in [0, 0.1) is 0 Å². The number of alkyl carbamates (subject to hydrolysis) is 1. The fraction of sp³-hybridized carbons (Fsp3) is 0.316. The molecule has 1 amide bonds. The Hall–Kier alpha value is -2.33. The van der Waals surface area contributed by atoms with Gasteiger partial charge in [-0.2, -0.15) is 0 Å². The normalized spacial score (nSPS) is 13.9. The molecule has 0 aliphatic heterocycles. The van der Waals surface area contributed by atoms with Gasteiger partial charge in [-0.3, -0.25) is 0 Å². The molecule has 0 aromatic heterocycles. The number of hydrogen-bond acceptors (Lipinski definition) is 3. The monoisotopic (exact) mass is 312 g/mol. The maximum Gasteiger partial charge on any atom is 0.408 e. The van der Waals surface area contributed by atoms with Crippen molar-refractivity contribution >= 4 is 6.09 Å². The van der Waals surface area contributed by atoms with E-state index in [-0.39, 0.29) is 12.1 Å². The Kier molecular flexibility index (Phi) is 5.40. The molecule has 0 radical (unpaired) electrons. The first-order valence-corrected chi connectivity index (χ1v) is 7.72. The van der Waals surface area contributed by atoms with E-state index in [0.717, 1.165) is 11.1 Å². The Morgan fingerprint density at radius 1 is 0.957 bits per heavy atom. The maximum absolute atomic E-state index is 12.2. The molecule has 4 nitrogen and oxygen atoms in total. The molecule has 2 atom stereocenters. The Labute approximate surface area is 137 Å². The number of nitrogens with two attached hydrogens (primary N) is 1. The third-order valence-electron chi connectivity index (χ3n) is 3.37. The van der Waals surface area contributed by atoms with Gasteiger partial charge >= 0.3 is 6.09 Å². The van der Waals surface area contributed by atoms with Gasteiger partial charge in [0.05, 0.1) is 12.1 Å². The molecule has 0 aliphatic rings. The molecular formula is C19H24N2O2. The molecule has 23 heavy (non-hydrogen) atoms. The van der Waals surface area contributed by atoms with Crippen molar-refractivity contribution in [1.82, 2.24) is 5.32 Å². The highest BCUT2D eigenvalue weighted by atomic mass is 16.6. The highest BCUT2D eigenvalue weighted by Crippen LogP contribution is 2.27. The van der Waals surface area contributed by atoms with Crippen LogP contribution in [0.5, 0.6) is 0 Å². The van der Waals surface area contributed by atoms with E-state index in [4.69, 9.17) is 10.5 Å². The van der Waals surface area contributed by atoms with Crippen molar-refractivity contribution in [3.05, 3.63) is 71.8 Å². The van der Waals surface area contributed by atoms with Crippen LogP contribution >= 0.6 is 0 Å². The van der Waals surface area contributed by atoms with Gasteiger partial charge in [0.2, 0.25) is 0 Å². The Morgan fingerprint density at radius 2 is 1.43 bits per heavy atom. The predicted molar refractivity (Wildman–Crippen MR) is 91.9 cm³/mol. The number of amides is 1. The van der Waals surface area contributed by atoms with Crippen molar-refractivity contribution in [2.24, 2.45) is 5.73 Å². The van der Waals surface area contributed by atoms with E-state index in [2.05, 4.69) is 5.32 Å². The van der Waals surface area contributed by atoms with Crippen molar-refractivity contribution in [3.63, 3.8) is 0 Å². The highest BCUT2D eigenvalue weighted by Gasteiger charge is 2.25. The number of carbonyl (C=O) groups is 1. The lowest BCUT2D eigenvalue weighted by molar-refractivity contribution is 0.0495. The molecule has 0 saturated heterocycles. The second kappa shape index (κ2) is 7.29. The van der Waals surface area contributed by atoms with E-state index >= 15 is 0 Å². The second-order valence-corrected chi connectivity index (χ2v) is 6.47. The van der Waals surface area contributed by atoms with Gasteiger partial charge in [0.15, 0.2) is 0 Å². The number of carbonyl (C=O) groups excluding carboxylic acids is 1. The molecule has 2 aromatic rings. The van der Waals surface area contributed by atoms with Gasteiger partial charge in [0, 0.05) is 0 Å². The first-order chi connectivity index (χ1) is 10.9. The van der Waals surface area contributed by atoms with Crippen LogP contribution in [0.15, 0.2) is 60.7 Å². The van der Waals surface area contributed by atoms with Gasteiger partial charge < -0.3 is 15.8 Å². The molecule has 122 valence electrons. The minimum absolute atomic E-state index is 0.367. The number of nitrogens with one attached hydrogen (secondary N) is 1. The molecule has 0 bridgehead atoms. The van der Waals surface area contributed by atoms with Crippen LogP contribution in [0.25, 0.3) is 0 Å². The van der Waals surface area contributed by atoms with E-state index in [1.54, 1.807) is 0 Å². The lowest BCUT2D eigenvalue weighted by atomic mass is 9.94. The second-order valence-electron chi connectivity index (χ2n) is 6.47. The first-order valence-electron chi connectivity index (χ1n) is 7.72. The Balaban J connectivity index is 2.24. The van der Waals surface area contributed by atoms with Gasteiger partial charge in [0.25, 0.3) is 0 Å². The van der Waals surface area contributed by atoms with Gasteiger partial charge in [-0.05, 0) is 31.9 Å². The van der Waals surface area contributed by atoms with Crippen LogP contribution in [0.2, 0.25) is 0 Å². The Bertz CT molecular complexity index is 621. The summed E-state index contributed by atoms with van der Waals surface area (Å²) >= 11 is 0. The summed E-state index contributed by atoms with van der Waals surface area (Å²) in [6, 6.07) is 18.7. The molecule has 2 aromatic carbocycles. The van der Waals surface area contributed by atoms with Gasteiger partial charge in [-0.1, -0.05) is 60.7 Å². The molecule has 0 fully saturated rings. The summed E-state index contributed by atoms with van der Waals surface area (Å²) < 4.78 is 5.37. The predicted octanol–water partition coefficient (Wildman–Crippen LogP) is 3.95. The molecular weight excluding hydrogens is 288 g/mol. The zero-order chi connectivity index (χ0) is 16.9. The van der Waals surface area contributed by atoms with Crippen LogP contribution in [0.4, 0.5) is 4.79 Å². The van der Waals surface area contributed by atoms with Crippen molar-refractivity contribution in [1.29, 1.82) is 0 Å². The minimum atomic E-state index is -0.553. The average molecular weight is 312 g/mol. The lowest BCUT2D eigenvalue weighted by Crippen LogP contribution is -2.39. The van der Waals surface area contributed by atoms with Crippen LogP contribution in [-0.2, 0) is 4.74 Å². The van der Waals surface area contributed by atoms with Crippen molar-refractivity contribution < 1.29 is 9.53 Å². The molecule has 0 unspecified atom stereocenters. The molecule has 0 spiro atoms. The first kappa shape index (κ1) is 17.0. The van der Waals surface area contributed by atoms with Crippen LogP contribution in [0.1, 0.15) is 44.0 Å². The number of ether oxygens (including phenoxy) is 1. The molecule has 0 heterocycles. The number of benzene rings is 2. The summed E-state index contributed by atoms with van der Waals surface area (Å²) in [7, 11) is 0. The zero-order valence-electron chi connectivity index (χ0n) is 13.8. The minimum Gasteiger partial charge on any atom is -0.444 e. The summed E-state index contributed by atoms with van der Waals surface area (Å²) in [5, 5.41) is 2.90. The largest absolute Gasteiger partial charge is 0.444 e. The molecule has 0 aliphatic carbocycles. The van der Waals surface area contributed by atoms with E-state index in [1.807, 2.05) is 81.4 Å². The summed E-state index contributed by atoms with van der Waals surface area (Å²) in [6.45, 7) is 5.50. The number of rotatable bonds is 4. The van der Waals surface area contributed by atoms with Crippen molar-refractivity contribution in [2.45, 2.75) is 38.5 Å². The SMILES string of the molecule is CC(C)(C)OC(=O)N[C@H](c1ccccc1)[C@H](N)c1ccccc1. The lowest BCUT2D eigenvalue weighted by Gasteiger charge is -2.28. The van der Waals surface area contributed by atoms with Crippen molar-refractivity contribution in [3.8, 4) is 0 Å². The third-order valence-corrected chi connectivity index (χ3v) is 3.37. The van der Waals surface area contributed by atoms with Crippen LogP contribution < -0.4 is 11.1 Å². The zero-order valence-corrected chi connectivity index (χ0v) is 13.8. The van der Waals surface area contributed by atoms with E-state index in [9.17, 15) is 4.79 Å². The van der Waals surface area contributed by atoms with E-state index < -0.39 is 11.7 Å². The summed E-state index contributed by atoms with van der Waals surface area (Å²) in [4.78, 5) is 12.2. The fourth-order valence-electron chi connectivity index (χ4n) is 2.34. The fourth-order valence-corrected chi connectivity index (χ4v) is 2.34. The maximum atomic E-state index is 12.2. The van der Waals surface area contributed by atoms with Gasteiger partial charge in [0.1, 0.15) is 5.60 Å². The smallest absolute Gasteiger partial charge is 0.408 e. The van der Waals surface area contributed by atoms with E-state index in [1.165, 1.54) is 0 Å². The summed E-state index contributed by atoms with van der Waals surface area (Å²) in [6.07, 6.45) is -0.474. The summed E-state index contributed by atoms with van der Waals surface area (Å²) in [5.74, 6) is 0. The molecule has 3 N–H and O–H groups in total. The Morgan fingerprint density at radius 3 is 1.91 bits per heavy atom. The van der Waals surface area contributed by atoms with Crippen LogP contribution in [0.3, 0.4) is 0 Å². The van der Waals surface area contributed by atoms with Gasteiger partial charge in [-0.25, -0.2) is 4.79 Å². The van der Waals surface area contributed by atoms with Crippen molar-refractivity contribution in [2.75, 3.05) is 0 Å². The standard InChI is InChI=1S/C19H24N2O2/c1-19(2,3)23-18(22)21-17(15-12-8-5-9-13-15)16(20)14-10-6-4-7-11-14/h4-13,16-17H,20H2,1-3H3,(H,21,22)/t16-,17-/m1/s1. The van der Waals surface area contributed by atoms with Crippen LogP contribution in [-0.4, -0.2) is 11.7 Å². The third kappa shape index (κ3) is 5.11. The summed E-state index contributed by atoms with van der Waals surface area (Å²) in [5.41, 5.74) is 7.76. The van der Waals surface area contributed by atoms with E-state index in [0.29, 0.717) is 0 Å². The van der Waals surface area contributed by atoms with Gasteiger partial charge in [-0.15, -0.1) is 0 Å². The topological polar surface area (TPSA) is 64.3 Å². The molecule has 0 saturated carbocycles. The molecule has 4 heteroatoms.